The third-order valence-corrected chi connectivity index (χ3v) is 8.19. The monoisotopic (exact) mass is 438 g/mol. The molecular formula is C15H21BrClN2O2PS. The van der Waals surface area contributed by atoms with Crippen molar-refractivity contribution in [2.75, 3.05) is 18.9 Å². The highest BCUT2D eigenvalue weighted by Crippen LogP contribution is 2.62. The predicted molar refractivity (Wildman–Crippen MR) is 106 cm³/mol. The molecule has 0 aliphatic rings. The number of hydrogen-bond donors (Lipinski definition) is 0. The van der Waals surface area contributed by atoms with Crippen LogP contribution in [0.2, 0.25) is 0 Å². The molecule has 1 aromatic rings. The molecule has 1 unspecified atom stereocenters. The Bertz CT molecular complexity index is 569. The van der Waals surface area contributed by atoms with Crippen LogP contribution in [-0.4, -0.2) is 29.9 Å². The zero-order valence-electron chi connectivity index (χ0n) is 13.2. The lowest BCUT2D eigenvalue weighted by Gasteiger charge is -2.27. The van der Waals surface area contributed by atoms with Gasteiger partial charge in [0.25, 0.3) is 0 Å². The van der Waals surface area contributed by atoms with Crippen LogP contribution in [-0.2, 0) is 9.09 Å². The van der Waals surface area contributed by atoms with E-state index in [0.29, 0.717) is 13.2 Å². The maximum atomic E-state index is 13.1. The molecule has 128 valence electrons. The van der Waals surface area contributed by atoms with Crippen LogP contribution in [0.4, 0.5) is 5.69 Å². The van der Waals surface area contributed by atoms with Gasteiger partial charge in [0.05, 0.1) is 18.6 Å². The number of benzene rings is 1. The molecular weight excluding hydrogens is 419 g/mol. The van der Waals surface area contributed by atoms with Crippen LogP contribution in [0.5, 0.6) is 0 Å². The molecule has 23 heavy (non-hydrogen) atoms. The standard InChI is InChI=1S/C15H21BrClN2O2PS/c1-3-12-23-22(20,21-4-2)19(11-5-10-17)13-18-15-8-6-14(16)7-9-15/h5-10,13H,3-4,11-12H2,1-2H3. The zero-order valence-corrected chi connectivity index (χ0v) is 17.2. The fourth-order valence-corrected chi connectivity index (χ4v) is 6.05. The molecule has 0 radical (unpaired) electrons. The molecule has 1 rings (SSSR count). The quantitative estimate of drug-likeness (QED) is 0.239. The summed E-state index contributed by atoms with van der Waals surface area (Å²) in [4.78, 5) is 4.39. The Balaban J connectivity index is 2.99. The second-order valence-electron chi connectivity index (χ2n) is 4.42. The van der Waals surface area contributed by atoms with E-state index < -0.39 is 6.72 Å². The molecule has 0 aromatic heterocycles. The summed E-state index contributed by atoms with van der Waals surface area (Å²) in [6.45, 7) is 1.59. The van der Waals surface area contributed by atoms with Crippen LogP contribution < -0.4 is 0 Å². The Morgan fingerprint density at radius 1 is 1.39 bits per heavy atom. The summed E-state index contributed by atoms with van der Waals surface area (Å²) in [5.41, 5.74) is 2.18. The Hall–Kier alpha value is -0.260. The van der Waals surface area contributed by atoms with Crippen LogP contribution in [0.1, 0.15) is 20.3 Å². The number of nitrogens with zero attached hydrogens (tertiary/aromatic N) is 2. The largest absolute Gasteiger partial charge is 0.354 e. The lowest BCUT2D eigenvalue weighted by molar-refractivity contribution is 0.321. The van der Waals surface area contributed by atoms with Gasteiger partial charge in [-0.2, -0.15) is 0 Å². The van der Waals surface area contributed by atoms with E-state index in [0.717, 1.165) is 22.3 Å². The van der Waals surface area contributed by atoms with E-state index in [2.05, 4.69) is 20.9 Å². The minimum atomic E-state index is -3.04. The van der Waals surface area contributed by atoms with Crippen molar-refractivity contribution < 1.29 is 9.09 Å². The van der Waals surface area contributed by atoms with Crippen LogP contribution in [0.25, 0.3) is 0 Å². The first-order valence-corrected chi connectivity index (χ1v) is 11.7. The topological polar surface area (TPSA) is 41.9 Å². The Morgan fingerprint density at radius 3 is 2.65 bits per heavy atom. The van der Waals surface area contributed by atoms with Crippen molar-refractivity contribution in [3.05, 3.63) is 40.3 Å². The van der Waals surface area contributed by atoms with Gasteiger partial charge in [0, 0.05) is 22.3 Å². The second kappa shape index (κ2) is 11.3. The zero-order chi connectivity index (χ0) is 17.1. The van der Waals surface area contributed by atoms with E-state index >= 15 is 0 Å². The Morgan fingerprint density at radius 2 is 2.09 bits per heavy atom. The Labute approximate surface area is 155 Å². The summed E-state index contributed by atoms with van der Waals surface area (Å²) in [5, 5.41) is 0. The van der Waals surface area contributed by atoms with Gasteiger partial charge in [-0.15, -0.1) is 0 Å². The van der Waals surface area contributed by atoms with Gasteiger partial charge in [-0.25, -0.2) is 4.99 Å². The molecule has 0 amide bonds. The van der Waals surface area contributed by atoms with Gasteiger partial charge < -0.3 is 4.52 Å². The van der Waals surface area contributed by atoms with Gasteiger partial charge in [0.15, 0.2) is 0 Å². The third-order valence-electron chi connectivity index (χ3n) is 2.61. The first-order chi connectivity index (χ1) is 11.1. The summed E-state index contributed by atoms with van der Waals surface area (Å²) in [6.07, 6.45) is 4.21. The molecule has 0 N–H and O–H groups in total. The van der Waals surface area contributed by atoms with Crippen molar-refractivity contribution in [1.29, 1.82) is 0 Å². The first kappa shape index (κ1) is 20.8. The molecule has 0 saturated carbocycles. The lowest BCUT2D eigenvalue weighted by Crippen LogP contribution is -2.19. The highest BCUT2D eigenvalue weighted by Gasteiger charge is 2.29. The smallest absolute Gasteiger partial charge is 0.306 e. The van der Waals surface area contributed by atoms with Crippen LogP contribution in [0.3, 0.4) is 0 Å². The van der Waals surface area contributed by atoms with Crippen molar-refractivity contribution in [2.45, 2.75) is 20.3 Å². The van der Waals surface area contributed by atoms with Crippen LogP contribution in [0.15, 0.2) is 45.3 Å². The van der Waals surface area contributed by atoms with Crippen LogP contribution in [0, 0.1) is 0 Å². The SMILES string of the molecule is CCCSP(=O)(OCC)N(C=Nc1ccc(Br)cc1)CC=CCl. The van der Waals surface area contributed by atoms with Crippen LogP contribution >= 0.6 is 45.6 Å². The van der Waals surface area contributed by atoms with E-state index in [1.54, 1.807) is 17.1 Å². The molecule has 1 aromatic carbocycles. The normalized spacial score (nSPS) is 14.4. The van der Waals surface area contributed by atoms with Gasteiger partial charge >= 0.3 is 6.72 Å². The van der Waals surface area contributed by atoms with E-state index in [1.807, 2.05) is 38.1 Å². The van der Waals surface area contributed by atoms with Crippen molar-refractivity contribution in [3.8, 4) is 0 Å². The Kier molecular flexibility index (Phi) is 10.2. The molecule has 4 nitrogen and oxygen atoms in total. The maximum absolute atomic E-state index is 13.1. The summed E-state index contributed by atoms with van der Waals surface area (Å²) < 4.78 is 21.3. The third kappa shape index (κ3) is 7.44. The predicted octanol–water partition coefficient (Wildman–Crippen LogP) is 6.45. The summed E-state index contributed by atoms with van der Waals surface area (Å²) in [6, 6.07) is 7.56. The van der Waals surface area contributed by atoms with Crippen molar-refractivity contribution >= 4 is 57.7 Å². The van der Waals surface area contributed by atoms with Gasteiger partial charge in [0.2, 0.25) is 0 Å². The minimum Gasteiger partial charge on any atom is -0.306 e. The second-order valence-corrected chi connectivity index (χ2v) is 10.1. The van der Waals surface area contributed by atoms with E-state index in [-0.39, 0.29) is 0 Å². The lowest BCUT2D eigenvalue weighted by atomic mass is 10.3. The molecule has 0 fully saturated rings. The van der Waals surface area contributed by atoms with Crippen molar-refractivity contribution in [3.63, 3.8) is 0 Å². The molecule has 0 heterocycles. The van der Waals surface area contributed by atoms with Gasteiger partial charge in [-0.05, 0) is 49.0 Å². The summed E-state index contributed by atoms with van der Waals surface area (Å²) in [5.74, 6) is 0.754. The summed E-state index contributed by atoms with van der Waals surface area (Å²) in [7, 11) is 0. The molecule has 0 bridgehead atoms. The maximum Gasteiger partial charge on any atom is 0.354 e. The molecule has 8 heteroatoms. The average molecular weight is 440 g/mol. The van der Waals surface area contributed by atoms with Crippen molar-refractivity contribution in [2.24, 2.45) is 4.99 Å². The molecule has 0 aliphatic carbocycles. The first-order valence-electron chi connectivity index (χ1n) is 7.27. The number of aliphatic imine (C=N–C) groups is 1. The highest BCUT2D eigenvalue weighted by atomic mass is 79.9. The number of halogens is 2. The minimum absolute atomic E-state index is 0.373. The number of rotatable bonds is 10. The van der Waals surface area contributed by atoms with Gasteiger partial charge in [-0.3, -0.25) is 9.24 Å². The van der Waals surface area contributed by atoms with Gasteiger partial charge in [-0.1, -0.05) is 40.5 Å². The van der Waals surface area contributed by atoms with E-state index in [4.69, 9.17) is 16.1 Å². The fourth-order valence-electron chi connectivity index (χ4n) is 1.57. The van der Waals surface area contributed by atoms with E-state index in [9.17, 15) is 4.57 Å². The van der Waals surface area contributed by atoms with E-state index in [1.165, 1.54) is 16.9 Å². The number of hydrogen-bond acceptors (Lipinski definition) is 4. The average Bonchev–Trinajstić information content (AvgIpc) is 2.55. The van der Waals surface area contributed by atoms with Crippen molar-refractivity contribution in [1.82, 2.24) is 4.67 Å². The molecule has 0 aliphatic heterocycles. The highest BCUT2D eigenvalue weighted by molar-refractivity contribution is 9.10. The molecule has 1 atom stereocenters. The van der Waals surface area contributed by atoms with Gasteiger partial charge in [0.1, 0.15) is 0 Å². The molecule has 0 saturated heterocycles. The molecule has 0 spiro atoms. The fraction of sp³-hybridized carbons (Fsp3) is 0.400. The summed E-state index contributed by atoms with van der Waals surface area (Å²) >= 11 is 10.3.